The summed E-state index contributed by atoms with van der Waals surface area (Å²) in [6.07, 6.45) is 5.27. The van der Waals surface area contributed by atoms with E-state index in [1.165, 1.54) is 16.6 Å². The number of rotatable bonds is 14. The zero-order chi connectivity index (χ0) is 26.7. The van der Waals surface area contributed by atoms with Crippen LogP contribution in [0, 0.1) is 13.8 Å². The van der Waals surface area contributed by atoms with Crippen LogP contribution in [0.3, 0.4) is 0 Å². The van der Waals surface area contributed by atoms with E-state index >= 15 is 0 Å². The predicted molar refractivity (Wildman–Crippen MR) is 153 cm³/mol. The predicted octanol–water partition coefficient (Wildman–Crippen LogP) is 6.20. The van der Waals surface area contributed by atoms with Gasteiger partial charge < -0.3 is 19.4 Å². The number of hydrogen-bond acceptors (Lipinski definition) is 4. The number of fused-ring (bicyclic) bond motifs is 1. The van der Waals surface area contributed by atoms with Crippen molar-refractivity contribution in [2.24, 2.45) is 0 Å². The number of benzene rings is 3. The lowest BCUT2D eigenvalue weighted by Crippen LogP contribution is -2.26. The highest BCUT2D eigenvalue weighted by Crippen LogP contribution is 2.20. The topological polar surface area (TPSA) is 65.4 Å². The van der Waals surface area contributed by atoms with Crippen LogP contribution in [-0.4, -0.2) is 35.7 Å². The lowest BCUT2D eigenvalue weighted by molar-refractivity contribution is -0.120. The van der Waals surface area contributed by atoms with E-state index in [-0.39, 0.29) is 5.91 Å². The smallest absolute Gasteiger partial charge is 0.224 e. The molecule has 0 bridgehead atoms. The summed E-state index contributed by atoms with van der Waals surface area (Å²) in [4.78, 5) is 17.2. The van der Waals surface area contributed by atoms with Gasteiger partial charge in [-0.3, -0.25) is 4.79 Å². The zero-order valence-electron chi connectivity index (χ0n) is 22.8. The molecule has 0 fully saturated rings. The molecule has 0 aliphatic rings. The van der Waals surface area contributed by atoms with Gasteiger partial charge in [0.25, 0.3) is 0 Å². The van der Waals surface area contributed by atoms with Crippen molar-refractivity contribution in [2.45, 2.75) is 58.9 Å². The normalized spacial score (nSPS) is 11.0. The molecule has 0 aliphatic heterocycles. The average Bonchev–Trinajstić information content (AvgIpc) is 3.28. The second kappa shape index (κ2) is 13.7. The van der Waals surface area contributed by atoms with Crippen molar-refractivity contribution in [3.05, 3.63) is 89.2 Å². The molecule has 3 aromatic carbocycles. The molecule has 0 saturated heterocycles. The molecule has 0 aliphatic carbocycles. The number of unbranched alkanes of at least 4 members (excludes halogenated alkanes) is 2. The quantitative estimate of drug-likeness (QED) is 0.204. The summed E-state index contributed by atoms with van der Waals surface area (Å²) in [6, 6.07) is 22.2. The molecule has 1 aromatic heterocycles. The largest absolute Gasteiger partial charge is 0.497 e. The number of amides is 1. The minimum absolute atomic E-state index is 0.0555. The fourth-order valence-electron chi connectivity index (χ4n) is 4.59. The molecule has 6 nitrogen and oxygen atoms in total. The highest BCUT2D eigenvalue weighted by atomic mass is 16.5. The number of para-hydroxylation sites is 2. The number of nitrogens with one attached hydrogen (secondary N) is 1. The summed E-state index contributed by atoms with van der Waals surface area (Å²) >= 11 is 0. The van der Waals surface area contributed by atoms with Crippen molar-refractivity contribution in [3.8, 4) is 11.5 Å². The summed E-state index contributed by atoms with van der Waals surface area (Å²) in [6.45, 7) is 6.47. The SMILES string of the molecule is COc1ccc(CC(=O)NCCCCCc2nc3ccccc3n2CCCOc2ccc(C)c(C)c2)cc1. The maximum atomic E-state index is 12.2. The molecule has 0 unspecified atom stereocenters. The number of aromatic nitrogens is 2. The third kappa shape index (κ3) is 7.60. The average molecular weight is 514 g/mol. The van der Waals surface area contributed by atoms with Crippen LogP contribution < -0.4 is 14.8 Å². The Morgan fingerprint density at radius 2 is 1.68 bits per heavy atom. The molecule has 200 valence electrons. The second-order valence-electron chi connectivity index (χ2n) is 9.80. The Labute approximate surface area is 226 Å². The summed E-state index contributed by atoms with van der Waals surface area (Å²) in [5, 5.41) is 3.04. The summed E-state index contributed by atoms with van der Waals surface area (Å²) in [5.41, 5.74) is 5.74. The van der Waals surface area contributed by atoms with E-state index in [0.29, 0.717) is 19.6 Å². The second-order valence-corrected chi connectivity index (χ2v) is 9.80. The number of aryl methyl sites for hydroxylation is 4. The van der Waals surface area contributed by atoms with Gasteiger partial charge in [-0.2, -0.15) is 0 Å². The minimum atomic E-state index is 0.0555. The van der Waals surface area contributed by atoms with Crippen LogP contribution in [0.5, 0.6) is 11.5 Å². The van der Waals surface area contributed by atoms with E-state index < -0.39 is 0 Å². The molecule has 0 spiro atoms. The fraction of sp³-hybridized carbons (Fsp3) is 0.375. The van der Waals surface area contributed by atoms with E-state index in [1.807, 2.05) is 36.4 Å². The first-order valence-corrected chi connectivity index (χ1v) is 13.6. The zero-order valence-corrected chi connectivity index (χ0v) is 22.8. The lowest BCUT2D eigenvalue weighted by Gasteiger charge is -2.11. The Hall–Kier alpha value is -3.80. The number of hydrogen-bond donors (Lipinski definition) is 1. The number of carbonyl (C=O) groups is 1. The highest BCUT2D eigenvalue weighted by molar-refractivity contribution is 5.78. The van der Waals surface area contributed by atoms with Crippen LogP contribution in [-0.2, 0) is 24.2 Å². The summed E-state index contributed by atoms with van der Waals surface area (Å²) in [7, 11) is 1.64. The van der Waals surface area contributed by atoms with E-state index in [2.05, 4.69) is 54.1 Å². The van der Waals surface area contributed by atoms with Gasteiger partial charge in [-0.1, -0.05) is 36.8 Å². The van der Waals surface area contributed by atoms with Gasteiger partial charge in [-0.05, 0) is 86.2 Å². The highest BCUT2D eigenvalue weighted by Gasteiger charge is 2.10. The van der Waals surface area contributed by atoms with Crippen molar-refractivity contribution in [2.75, 3.05) is 20.3 Å². The number of carbonyl (C=O) groups excluding carboxylic acids is 1. The molecular weight excluding hydrogens is 474 g/mol. The van der Waals surface area contributed by atoms with Gasteiger partial charge in [0.15, 0.2) is 0 Å². The van der Waals surface area contributed by atoms with E-state index in [0.717, 1.165) is 67.1 Å². The molecule has 0 atom stereocenters. The van der Waals surface area contributed by atoms with Crippen molar-refractivity contribution in [3.63, 3.8) is 0 Å². The molecule has 38 heavy (non-hydrogen) atoms. The van der Waals surface area contributed by atoms with Gasteiger partial charge in [-0.15, -0.1) is 0 Å². The number of imidazole rings is 1. The minimum Gasteiger partial charge on any atom is -0.497 e. The van der Waals surface area contributed by atoms with Crippen LogP contribution in [0.1, 0.15) is 48.2 Å². The number of methoxy groups -OCH3 is 1. The van der Waals surface area contributed by atoms with Crippen LogP contribution in [0.2, 0.25) is 0 Å². The summed E-state index contributed by atoms with van der Waals surface area (Å²) < 4.78 is 13.5. The van der Waals surface area contributed by atoms with E-state index in [4.69, 9.17) is 14.5 Å². The van der Waals surface area contributed by atoms with Crippen molar-refractivity contribution in [1.29, 1.82) is 0 Å². The molecule has 4 rings (SSSR count). The molecule has 4 aromatic rings. The van der Waals surface area contributed by atoms with Gasteiger partial charge in [-0.25, -0.2) is 4.98 Å². The number of nitrogens with zero attached hydrogens (tertiary/aromatic N) is 2. The Morgan fingerprint density at radius 3 is 2.47 bits per heavy atom. The van der Waals surface area contributed by atoms with Crippen LogP contribution in [0.15, 0.2) is 66.7 Å². The van der Waals surface area contributed by atoms with Crippen LogP contribution in [0.25, 0.3) is 11.0 Å². The van der Waals surface area contributed by atoms with E-state index in [9.17, 15) is 4.79 Å². The molecule has 1 N–H and O–H groups in total. The summed E-state index contributed by atoms with van der Waals surface area (Å²) in [5.74, 6) is 2.91. The van der Waals surface area contributed by atoms with E-state index in [1.54, 1.807) is 7.11 Å². The number of ether oxygens (including phenoxy) is 2. The van der Waals surface area contributed by atoms with Crippen molar-refractivity contribution < 1.29 is 14.3 Å². The van der Waals surface area contributed by atoms with Gasteiger partial charge in [0.1, 0.15) is 17.3 Å². The molecule has 0 saturated carbocycles. The maximum Gasteiger partial charge on any atom is 0.224 e. The Bertz CT molecular complexity index is 1330. The van der Waals surface area contributed by atoms with Gasteiger partial charge in [0.2, 0.25) is 5.91 Å². The first kappa shape index (κ1) is 27.2. The Kier molecular flexibility index (Phi) is 9.79. The standard InChI is InChI=1S/C32H39N3O3/c1-24-13-16-28(22-25(24)2)38-21-9-20-35-30-11-7-6-10-29(30)34-31(35)12-5-4-8-19-33-32(36)23-26-14-17-27(37-3)18-15-26/h6-7,10-11,13-18,22H,4-5,8-9,12,19-21,23H2,1-3H3,(H,33,36). The Balaban J connectivity index is 1.20. The first-order valence-electron chi connectivity index (χ1n) is 13.6. The van der Waals surface area contributed by atoms with Crippen molar-refractivity contribution >= 4 is 16.9 Å². The molecular formula is C32H39N3O3. The van der Waals surface area contributed by atoms with Crippen LogP contribution in [0.4, 0.5) is 0 Å². The monoisotopic (exact) mass is 513 g/mol. The Morgan fingerprint density at radius 1 is 0.895 bits per heavy atom. The van der Waals surface area contributed by atoms with Gasteiger partial charge in [0, 0.05) is 19.5 Å². The molecule has 6 heteroatoms. The van der Waals surface area contributed by atoms with Crippen molar-refractivity contribution in [1.82, 2.24) is 14.9 Å². The van der Waals surface area contributed by atoms with Gasteiger partial charge >= 0.3 is 0 Å². The first-order chi connectivity index (χ1) is 18.5. The third-order valence-electron chi connectivity index (χ3n) is 6.93. The molecule has 1 heterocycles. The van der Waals surface area contributed by atoms with Crippen LogP contribution >= 0.6 is 0 Å². The van der Waals surface area contributed by atoms with Gasteiger partial charge in [0.05, 0.1) is 31.2 Å². The lowest BCUT2D eigenvalue weighted by atomic mass is 10.1. The molecule has 0 radical (unpaired) electrons. The molecule has 1 amide bonds. The fourth-order valence-corrected chi connectivity index (χ4v) is 4.59. The maximum absolute atomic E-state index is 12.2. The third-order valence-corrected chi connectivity index (χ3v) is 6.93.